The lowest BCUT2D eigenvalue weighted by molar-refractivity contribution is 0.0726. The normalized spacial score (nSPS) is 22.0. The second-order valence-electron chi connectivity index (χ2n) is 13.0. The van der Waals surface area contributed by atoms with Crippen molar-refractivity contribution in [2.24, 2.45) is 11.7 Å². The predicted molar refractivity (Wildman–Crippen MR) is 165 cm³/mol. The molecule has 2 saturated heterocycles. The van der Waals surface area contributed by atoms with Crippen LogP contribution in [0.3, 0.4) is 0 Å². The van der Waals surface area contributed by atoms with E-state index in [1.54, 1.807) is 14.0 Å². The minimum absolute atomic E-state index is 0.0119. The van der Waals surface area contributed by atoms with Gasteiger partial charge in [-0.15, -0.1) is 10.2 Å². The molecule has 44 heavy (non-hydrogen) atoms. The smallest absolute Gasteiger partial charge is 0.254 e. The molecule has 7 heterocycles. The molecule has 0 radical (unpaired) electrons. The Hall–Kier alpha value is -4.25. The van der Waals surface area contributed by atoms with Gasteiger partial charge in [-0.1, -0.05) is 6.92 Å². The number of hydrogen-bond donors (Lipinski definition) is 1. The second kappa shape index (κ2) is 10.2. The predicted octanol–water partition coefficient (Wildman–Crippen LogP) is 4.82. The van der Waals surface area contributed by atoms with Crippen molar-refractivity contribution in [3.05, 3.63) is 59.1 Å². The molecular formula is C33H38N8O3. The van der Waals surface area contributed by atoms with Crippen molar-refractivity contribution >= 4 is 22.6 Å². The molecule has 0 spiro atoms. The summed E-state index contributed by atoms with van der Waals surface area (Å²) in [5.74, 6) is 2.54. The fourth-order valence-corrected chi connectivity index (χ4v) is 7.44. The zero-order valence-electron chi connectivity index (χ0n) is 25.7. The molecule has 1 saturated carbocycles. The van der Waals surface area contributed by atoms with Crippen LogP contribution >= 0.6 is 0 Å². The van der Waals surface area contributed by atoms with Crippen LogP contribution in [0, 0.1) is 19.8 Å². The Labute approximate surface area is 255 Å². The molecule has 1 amide bonds. The first-order valence-electron chi connectivity index (χ1n) is 15.7. The number of imidazole rings is 1. The second-order valence-corrected chi connectivity index (χ2v) is 13.0. The molecule has 228 valence electrons. The van der Waals surface area contributed by atoms with Crippen molar-refractivity contribution in [2.45, 2.75) is 89.9 Å². The van der Waals surface area contributed by atoms with E-state index in [4.69, 9.17) is 24.9 Å². The van der Waals surface area contributed by atoms with Crippen LogP contribution in [0.2, 0.25) is 0 Å². The van der Waals surface area contributed by atoms with E-state index in [1.165, 1.54) is 12.8 Å². The quantitative estimate of drug-likeness (QED) is 0.271. The SMILES string of the molecule is COc1cc(C(=O)N2[C@H]3CC[C@@H]2[C@H](N)C3)cc2nc(-c3cc4ccc(C(C)Cc5nnc(C)o5)nc4n3CC3CC3)c(C)n12. The van der Waals surface area contributed by atoms with Gasteiger partial charge in [-0.3, -0.25) is 9.20 Å². The van der Waals surface area contributed by atoms with E-state index in [2.05, 4.69) is 46.8 Å². The van der Waals surface area contributed by atoms with Gasteiger partial charge in [-0.2, -0.15) is 0 Å². The van der Waals surface area contributed by atoms with Gasteiger partial charge in [-0.25, -0.2) is 9.97 Å². The van der Waals surface area contributed by atoms with Crippen LogP contribution in [0.4, 0.5) is 0 Å². The van der Waals surface area contributed by atoms with Gasteiger partial charge in [0.05, 0.1) is 18.5 Å². The van der Waals surface area contributed by atoms with E-state index in [0.717, 1.165) is 59.6 Å². The molecule has 2 aliphatic heterocycles. The molecule has 3 fully saturated rings. The minimum Gasteiger partial charge on any atom is -0.482 e. The van der Waals surface area contributed by atoms with Crippen LogP contribution in [0.15, 0.2) is 34.7 Å². The third-order valence-corrected chi connectivity index (χ3v) is 9.89. The minimum atomic E-state index is 0.0119. The number of amides is 1. The molecule has 8 rings (SSSR count). The summed E-state index contributed by atoms with van der Waals surface area (Å²) in [5.41, 5.74) is 12.4. The number of rotatable bonds is 8. The van der Waals surface area contributed by atoms with E-state index >= 15 is 0 Å². The topological polar surface area (TPSA) is 130 Å². The monoisotopic (exact) mass is 594 g/mol. The van der Waals surface area contributed by atoms with Crippen LogP contribution in [0.5, 0.6) is 5.88 Å². The van der Waals surface area contributed by atoms with Gasteiger partial charge in [0.25, 0.3) is 5.91 Å². The van der Waals surface area contributed by atoms with Gasteiger partial charge in [0.15, 0.2) is 5.88 Å². The van der Waals surface area contributed by atoms with Crippen molar-refractivity contribution in [3.63, 3.8) is 0 Å². The third-order valence-electron chi connectivity index (χ3n) is 9.89. The molecule has 0 aromatic carbocycles. The van der Waals surface area contributed by atoms with E-state index in [1.807, 2.05) is 21.4 Å². The molecule has 5 aromatic rings. The number of fused-ring (bicyclic) bond motifs is 4. The standard InChI is InChI=1S/C33H38N8O3/c1-17(11-29-38-37-19(3)44-29)25-9-7-21-12-27(39(32(21)35-25)16-20-5-6-20)31-18(2)40-28(36-31)13-22(14-30(40)43-4)33(42)41-23-8-10-26(41)24(34)15-23/h7,9,12-14,17,20,23-24,26H,5-6,8,10-11,15-16,34H2,1-4H3/t17?,23-,24+,26+/m0/s1. The summed E-state index contributed by atoms with van der Waals surface area (Å²) in [6, 6.07) is 10.6. The number of aryl methyl sites for hydroxylation is 2. The van der Waals surface area contributed by atoms with Crippen LogP contribution in [-0.4, -0.2) is 65.2 Å². The zero-order chi connectivity index (χ0) is 30.3. The van der Waals surface area contributed by atoms with E-state index in [-0.39, 0.29) is 30.0 Å². The molecule has 5 aromatic heterocycles. The van der Waals surface area contributed by atoms with Crippen molar-refractivity contribution in [2.75, 3.05) is 7.11 Å². The number of carbonyl (C=O) groups excluding carboxylic acids is 1. The van der Waals surface area contributed by atoms with Gasteiger partial charge in [0.2, 0.25) is 11.8 Å². The fourth-order valence-electron chi connectivity index (χ4n) is 7.44. The Morgan fingerprint density at radius 3 is 2.64 bits per heavy atom. The van der Waals surface area contributed by atoms with Crippen LogP contribution in [0.25, 0.3) is 28.1 Å². The number of hydrogen-bond acceptors (Lipinski definition) is 8. The summed E-state index contributed by atoms with van der Waals surface area (Å²) < 4.78 is 15.8. The van der Waals surface area contributed by atoms with Crippen LogP contribution in [-0.2, 0) is 13.0 Å². The Bertz CT molecular complexity index is 1920. The molecular weight excluding hydrogens is 556 g/mol. The highest BCUT2D eigenvalue weighted by Crippen LogP contribution is 2.40. The summed E-state index contributed by atoms with van der Waals surface area (Å²) in [7, 11) is 1.64. The first-order valence-corrected chi connectivity index (χ1v) is 15.7. The number of methoxy groups -OCH3 is 1. The summed E-state index contributed by atoms with van der Waals surface area (Å²) in [6.45, 7) is 6.89. The van der Waals surface area contributed by atoms with E-state index in [9.17, 15) is 4.79 Å². The highest BCUT2D eigenvalue weighted by atomic mass is 16.5. The number of carbonyl (C=O) groups is 1. The highest BCUT2D eigenvalue weighted by molar-refractivity contribution is 5.96. The maximum Gasteiger partial charge on any atom is 0.254 e. The molecule has 3 aliphatic rings. The van der Waals surface area contributed by atoms with Crippen LogP contribution < -0.4 is 10.5 Å². The van der Waals surface area contributed by atoms with Crippen LogP contribution in [0.1, 0.15) is 78.5 Å². The van der Waals surface area contributed by atoms with Gasteiger partial charge in [0.1, 0.15) is 17.0 Å². The van der Waals surface area contributed by atoms with Gasteiger partial charge >= 0.3 is 0 Å². The Morgan fingerprint density at radius 1 is 1.11 bits per heavy atom. The van der Waals surface area contributed by atoms with Crippen molar-refractivity contribution in [3.8, 4) is 17.3 Å². The molecule has 4 atom stereocenters. The molecule has 11 heteroatoms. The summed E-state index contributed by atoms with van der Waals surface area (Å²) in [5, 5.41) is 9.23. The number of ether oxygens (including phenoxy) is 1. The lowest BCUT2D eigenvalue weighted by Crippen LogP contribution is -2.40. The zero-order valence-corrected chi connectivity index (χ0v) is 25.7. The molecule has 1 unspecified atom stereocenters. The number of nitrogens with two attached hydrogens (primary N) is 1. The molecule has 2 bridgehead atoms. The number of aromatic nitrogens is 6. The number of pyridine rings is 2. The van der Waals surface area contributed by atoms with Gasteiger partial charge in [-0.05, 0) is 69.2 Å². The maximum atomic E-state index is 13.8. The van der Waals surface area contributed by atoms with Crippen molar-refractivity contribution in [1.82, 2.24) is 34.0 Å². The fraction of sp³-hybridized carbons (Fsp3) is 0.485. The Morgan fingerprint density at radius 2 is 1.95 bits per heavy atom. The van der Waals surface area contributed by atoms with Crippen molar-refractivity contribution < 1.29 is 13.9 Å². The average Bonchev–Trinajstić information content (AvgIpc) is 3.30. The largest absolute Gasteiger partial charge is 0.482 e. The Kier molecular flexibility index (Phi) is 6.30. The van der Waals surface area contributed by atoms with Gasteiger partial charge in [0, 0.05) is 66.6 Å². The average molecular weight is 595 g/mol. The highest BCUT2D eigenvalue weighted by Gasteiger charge is 2.47. The summed E-state index contributed by atoms with van der Waals surface area (Å²) >= 11 is 0. The molecule has 1 aliphatic carbocycles. The van der Waals surface area contributed by atoms with E-state index in [0.29, 0.717) is 41.2 Å². The maximum absolute atomic E-state index is 13.8. The third kappa shape index (κ3) is 4.39. The lowest BCUT2D eigenvalue weighted by Gasteiger charge is -2.23. The lowest BCUT2D eigenvalue weighted by atomic mass is 9.97. The summed E-state index contributed by atoms with van der Waals surface area (Å²) in [4.78, 5) is 26.1. The molecule has 11 nitrogen and oxygen atoms in total. The first-order chi connectivity index (χ1) is 21.3. The molecule has 2 N–H and O–H groups in total. The first kappa shape index (κ1) is 27.3. The van der Waals surface area contributed by atoms with Gasteiger partial charge < -0.3 is 24.4 Å². The van der Waals surface area contributed by atoms with E-state index < -0.39 is 0 Å². The van der Waals surface area contributed by atoms with Crippen molar-refractivity contribution in [1.29, 1.82) is 0 Å². The number of nitrogens with zero attached hydrogens (tertiary/aromatic N) is 7. The Balaban J connectivity index is 1.20. The summed E-state index contributed by atoms with van der Waals surface area (Å²) in [6.07, 6.45) is 5.94.